The summed E-state index contributed by atoms with van der Waals surface area (Å²) in [4.78, 5) is 202. The molecule has 6 aromatic rings. The fourth-order valence-electron chi connectivity index (χ4n) is 19.7. The largest absolute Gasteiger partial charge is 0.481 e. The molecule has 0 bridgehead atoms. The van der Waals surface area contributed by atoms with Crippen molar-refractivity contribution in [3.05, 3.63) is 135 Å². The lowest BCUT2D eigenvalue weighted by molar-refractivity contribution is -0.158. The number of urea groups is 3. The number of aromatic nitrogens is 9. The number of ketones is 1. The van der Waals surface area contributed by atoms with Gasteiger partial charge in [-0.2, -0.15) is 0 Å². The zero-order valence-corrected chi connectivity index (χ0v) is 86.4. The van der Waals surface area contributed by atoms with Gasteiger partial charge in [0, 0.05) is 178 Å². The van der Waals surface area contributed by atoms with Gasteiger partial charge in [-0.15, -0.1) is 5.10 Å². The first-order valence-electron chi connectivity index (χ1n) is 52.8. The fourth-order valence-corrected chi connectivity index (χ4v) is 19.7. The minimum Gasteiger partial charge on any atom is -0.481 e. The number of hydrogen-bond acceptors (Lipinski definition) is 29. The van der Waals surface area contributed by atoms with Crippen LogP contribution in [0.3, 0.4) is 0 Å². The number of nitrogens with one attached hydrogen (secondary N) is 10. The maximum Gasteiger partial charge on any atom is 0.329 e. The van der Waals surface area contributed by atoms with Crippen molar-refractivity contribution in [1.29, 1.82) is 0 Å². The van der Waals surface area contributed by atoms with Crippen molar-refractivity contribution in [3.63, 3.8) is 0 Å². The number of nitrogens with zero attached hydrogens (tertiary/aromatic N) is 14. The molecular formula is C104H148N24O22. The van der Waals surface area contributed by atoms with Crippen molar-refractivity contribution in [1.82, 2.24) is 107 Å². The highest BCUT2D eigenvalue weighted by Gasteiger charge is 2.50. The summed E-state index contributed by atoms with van der Waals surface area (Å²) in [6.07, 6.45) is 20.4. The Morgan fingerprint density at radius 3 is 1.31 bits per heavy atom. The van der Waals surface area contributed by atoms with E-state index in [-0.39, 0.29) is 190 Å². The smallest absolute Gasteiger partial charge is 0.329 e. The molecule has 46 heteroatoms. The Kier molecular flexibility index (Phi) is 42.2. The number of anilines is 3. The number of aliphatic hydroxyl groups is 4. The monoisotopic (exact) mass is 2090 g/mol. The summed E-state index contributed by atoms with van der Waals surface area (Å²) in [6.45, 7) is 10.8. The number of fused-ring (bicyclic) bond motifs is 4. The van der Waals surface area contributed by atoms with Crippen LogP contribution in [0, 0.1) is 18.8 Å². The lowest BCUT2D eigenvalue weighted by Gasteiger charge is -2.41. The zero-order valence-electron chi connectivity index (χ0n) is 86.4. The molecule has 46 nitrogen and oxygen atoms in total. The predicted octanol–water partition coefficient (Wildman–Crippen LogP) is 4.17. The fraction of sp³-hybridized carbons (Fsp3) is 0.615. The molecule has 5 fully saturated rings. The number of carboxylic acid groups (broad SMARTS) is 4. The first-order chi connectivity index (χ1) is 71.9. The van der Waals surface area contributed by atoms with Crippen molar-refractivity contribution < 1.29 is 108 Å². The summed E-state index contributed by atoms with van der Waals surface area (Å²) in [6, 6.07) is 16.4. The van der Waals surface area contributed by atoms with Gasteiger partial charge in [-0.1, -0.05) is 37.3 Å². The highest BCUT2D eigenvalue weighted by Crippen LogP contribution is 2.36. The van der Waals surface area contributed by atoms with Gasteiger partial charge >= 0.3 is 42.0 Å². The summed E-state index contributed by atoms with van der Waals surface area (Å²) < 4.78 is 1.43. The number of pyridine rings is 5. The van der Waals surface area contributed by atoms with E-state index in [2.05, 4.69) is 120 Å². The number of likely N-dealkylation sites (tertiary alicyclic amines) is 4. The molecule has 15 rings (SSSR count). The van der Waals surface area contributed by atoms with Crippen LogP contribution >= 0.6 is 0 Å². The van der Waals surface area contributed by atoms with Gasteiger partial charge in [0.25, 0.3) is 5.91 Å². The molecule has 18 N–H and O–H groups in total. The van der Waals surface area contributed by atoms with E-state index in [9.17, 15) is 108 Å². The van der Waals surface area contributed by atoms with Gasteiger partial charge in [-0.25, -0.2) is 53.4 Å². The number of rotatable bonds is 41. The van der Waals surface area contributed by atoms with Gasteiger partial charge < -0.3 is 119 Å². The van der Waals surface area contributed by atoms with E-state index < -0.39 is 93.8 Å². The first-order valence-corrected chi connectivity index (χ1v) is 52.8. The molecule has 1 saturated carbocycles. The number of unbranched alkanes of at least 4 members (excludes halogenated alkanes) is 1. The number of Topliss-reactive ketones (excluding diaryl/α,β-unsaturated/α-hetero) is 1. The molecule has 4 unspecified atom stereocenters. The number of carboxylic acids is 4. The van der Waals surface area contributed by atoms with Crippen molar-refractivity contribution in [2.45, 2.75) is 286 Å². The van der Waals surface area contributed by atoms with Crippen molar-refractivity contribution >= 4 is 101 Å². The van der Waals surface area contributed by atoms with E-state index in [1.807, 2.05) is 19.1 Å². The molecule has 7 aliphatic heterocycles. The first kappa shape index (κ1) is 115. The average Bonchev–Trinajstić information content (AvgIpc) is 1.02. The third-order valence-electron chi connectivity index (χ3n) is 29.5. The third-order valence-corrected chi connectivity index (χ3v) is 29.5. The van der Waals surface area contributed by atoms with Crippen LogP contribution < -0.4 is 53.2 Å². The number of carbonyl (C=O) groups excluding carboxylic acids is 10. The quantitative estimate of drug-likeness (QED) is 0.0239. The molecule has 0 spiro atoms. The topological polar surface area (TPSA) is 645 Å². The lowest BCUT2D eigenvalue weighted by Crippen LogP contribution is -2.62. The van der Waals surface area contributed by atoms with E-state index in [0.717, 1.165) is 182 Å². The molecule has 150 heavy (non-hydrogen) atoms. The summed E-state index contributed by atoms with van der Waals surface area (Å²) in [5, 5.41) is 123. The Morgan fingerprint density at radius 1 is 0.453 bits per heavy atom. The summed E-state index contributed by atoms with van der Waals surface area (Å²) >= 11 is 0. The highest BCUT2D eigenvalue weighted by atomic mass is 16.4. The van der Waals surface area contributed by atoms with Crippen LogP contribution in [0.1, 0.15) is 241 Å². The predicted molar refractivity (Wildman–Crippen MR) is 548 cm³/mol. The van der Waals surface area contributed by atoms with E-state index in [4.69, 9.17) is 9.97 Å². The normalized spacial score (nSPS) is 17.7. The van der Waals surface area contributed by atoms with Crippen LogP contribution in [-0.2, 0) is 119 Å². The van der Waals surface area contributed by atoms with Crippen LogP contribution in [0.5, 0.6) is 0 Å². The maximum atomic E-state index is 12.8. The molecule has 6 aromatic heterocycles. The van der Waals surface area contributed by atoms with Gasteiger partial charge in [0.05, 0.1) is 41.4 Å². The van der Waals surface area contributed by atoms with Crippen LogP contribution in [0.4, 0.5) is 31.8 Å². The second-order valence-electron chi connectivity index (χ2n) is 40.4. The second-order valence-corrected chi connectivity index (χ2v) is 40.4. The minimum atomic E-state index is -1.68. The average molecular weight is 2090 g/mol. The molecule has 0 aromatic carbocycles. The molecule has 816 valence electrons. The van der Waals surface area contributed by atoms with Crippen LogP contribution in [0.2, 0.25) is 0 Å². The standard InChI is InChI=1S/C28H37N5O5.C27H38N4O6.C25H38N6O6.C24H35N9O5/c1-2-20-9-5-10-22(30-20)26(35)32-24(27(36)37)28(38)14-17-33(18-15-28)23(34)11-4-3-8-21-13-12-19-7-6-16-29-25(19)31-21;32-21(17-29-24(33)19-7-8-19)16-22(25(34)35)27(37)11-14-31(15-12-27)26(36)28-13-3-5-20-10-9-18-4-1-2-6-23(18)30-20;1-17(32)30(2)14-9-20(33)29-21(23(34)35)25(37)10-15-31(16-11-25)24(36)27-13-4-6-19-8-7-18-5-3-12-26-22(18)28-19;1-16-29-30-31-33(16)13-8-19(34)28-20(22(35)36)24(38)9-14-32(15-10-24)23(37)26-12-3-5-18-7-6-17-4-2-11-25-21(17)27-18/h5,9-10,12-13,24,38H,2-4,6-8,11,14-18H2,1H3,(H,29,31)(H,32,35)(H,36,37);9-10,19,22,37H,1-8,11-17H2,(H,28,36)(H,29,33)(H,34,35);7-8,21,37H,3-6,9-16H2,1-2H3,(H,26,28)(H,27,36)(H,29,33)(H,34,35);6-7,20,38H,2-5,8-15H2,1H3,(H,25,27)(H,26,37)(H,28,34)(H,35,36). The summed E-state index contributed by atoms with van der Waals surface area (Å²) in [7, 11) is 1.54. The third kappa shape index (κ3) is 33.6. The molecule has 4 saturated heterocycles. The van der Waals surface area contributed by atoms with E-state index in [1.54, 1.807) is 40.8 Å². The number of aliphatic carboxylic acids is 4. The van der Waals surface area contributed by atoms with E-state index in [0.29, 0.717) is 44.0 Å². The van der Waals surface area contributed by atoms with Gasteiger partial charge in [0.2, 0.25) is 29.5 Å². The number of carbonyl (C=O) groups is 14. The Balaban J connectivity index is 0.000000177. The molecule has 2 aliphatic carbocycles. The van der Waals surface area contributed by atoms with Crippen LogP contribution in [0.25, 0.3) is 0 Å². The Labute approximate surface area is 871 Å². The molecule has 0 radical (unpaired) electrons. The summed E-state index contributed by atoms with van der Waals surface area (Å²) in [5.41, 5.74) is 4.52. The van der Waals surface area contributed by atoms with Crippen molar-refractivity contribution in [3.8, 4) is 0 Å². The molecule has 12 amide bonds. The Bertz CT molecular complexity index is 5670. The van der Waals surface area contributed by atoms with Crippen molar-refractivity contribution in [2.24, 2.45) is 11.8 Å². The van der Waals surface area contributed by atoms with Crippen molar-refractivity contribution in [2.75, 3.05) is 128 Å². The number of amides is 12. The number of piperidine rings is 4. The van der Waals surface area contributed by atoms with Crippen LogP contribution in [0.15, 0.2) is 66.7 Å². The molecule has 13 heterocycles. The molecule has 4 atom stereocenters. The Hall–Kier alpha value is -13.8. The van der Waals surface area contributed by atoms with E-state index in [1.165, 1.54) is 68.3 Å². The lowest BCUT2D eigenvalue weighted by atomic mass is 9.77. The van der Waals surface area contributed by atoms with E-state index >= 15 is 0 Å². The number of tetrazole rings is 1. The van der Waals surface area contributed by atoms with Gasteiger partial charge in [0.15, 0.2) is 23.9 Å². The zero-order chi connectivity index (χ0) is 108. The molecule has 9 aliphatic rings. The molecular weight excluding hydrogens is 1940 g/mol. The highest BCUT2D eigenvalue weighted by molar-refractivity contribution is 5.96. The van der Waals surface area contributed by atoms with Gasteiger partial charge in [-0.3, -0.25) is 43.3 Å². The summed E-state index contributed by atoms with van der Waals surface area (Å²) in [5.74, 6) is -5.74. The second kappa shape index (κ2) is 55.1. The SMILES string of the molecule is CC(=O)N(C)CCC(=O)NC(C(=O)O)C1(O)CCN(C(=O)NCCCc2ccc3c(n2)NCCC3)CC1.CCc1cccc(C(=O)NC(C(=O)O)C2(O)CCN(C(=O)CCCCc3ccc4c(n3)NCCC4)CC2)n1.Cc1nnnn1CCC(=O)NC(C(=O)O)C1(O)CCN(C(=O)NCCCc2ccc3c(n2)NCCC3)CC1.O=C(CNC(=O)C1CC1)CC(C(=O)O)C1(O)CCN(C(=O)NCCCc2ccc3c(n2)CCCC3)CC1. The minimum absolute atomic E-state index is 0.0105. The van der Waals surface area contributed by atoms with Crippen LogP contribution in [-0.4, -0.2) is 346 Å². The Morgan fingerprint density at radius 2 is 0.873 bits per heavy atom. The maximum absolute atomic E-state index is 12.8. The number of aryl methyl sites for hydroxylation is 12. The van der Waals surface area contributed by atoms with Gasteiger partial charge in [-0.05, 0) is 269 Å². The van der Waals surface area contributed by atoms with Gasteiger partial charge in [0.1, 0.15) is 29.0 Å². The number of hydrogen-bond donors (Lipinski definition) is 18.